The van der Waals surface area contributed by atoms with Gasteiger partial charge in [0.2, 0.25) is 0 Å². The monoisotopic (exact) mass is 332 g/mol. The largest absolute Gasteiger partial charge is 0.492 e. The van der Waals surface area contributed by atoms with Gasteiger partial charge in [-0.1, -0.05) is 12.1 Å². The number of hydrogen-bond donors (Lipinski definition) is 2. The summed E-state index contributed by atoms with van der Waals surface area (Å²) in [6.45, 7) is 4.18. The summed E-state index contributed by atoms with van der Waals surface area (Å²) in [5, 5.41) is 8.86. The van der Waals surface area contributed by atoms with Crippen LogP contribution in [0.4, 0.5) is 15.6 Å². The van der Waals surface area contributed by atoms with Crippen LogP contribution < -0.4 is 20.3 Å². The molecule has 1 aromatic heterocycles. The maximum atomic E-state index is 12.2. The van der Waals surface area contributed by atoms with Crippen LogP contribution in [0.1, 0.15) is 13.3 Å². The second-order valence-electron chi connectivity index (χ2n) is 5.27. The average Bonchev–Trinajstić information content (AvgIpc) is 3.20. The number of nitrogens with one attached hydrogen (secondary N) is 2. The second-order valence-corrected chi connectivity index (χ2v) is 6.15. The van der Waals surface area contributed by atoms with Gasteiger partial charge in [0, 0.05) is 30.7 Å². The number of urea groups is 1. The van der Waals surface area contributed by atoms with Crippen LogP contribution in [0.25, 0.3) is 0 Å². The Bertz CT molecular complexity index is 647. The highest BCUT2D eigenvalue weighted by Gasteiger charge is 2.25. The van der Waals surface area contributed by atoms with Crippen molar-refractivity contribution in [1.82, 2.24) is 10.3 Å². The van der Waals surface area contributed by atoms with E-state index in [2.05, 4.69) is 20.5 Å². The number of thiazole rings is 1. The summed E-state index contributed by atoms with van der Waals surface area (Å²) < 4.78 is 5.52. The molecule has 2 aromatic rings. The molecule has 1 atom stereocenters. The van der Waals surface area contributed by atoms with Crippen molar-refractivity contribution in [2.45, 2.75) is 19.4 Å². The highest BCUT2D eigenvalue weighted by molar-refractivity contribution is 7.13. The lowest BCUT2D eigenvalue weighted by Gasteiger charge is -2.17. The molecule has 0 bridgehead atoms. The van der Waals surface area contributed by atoms with Gasteiger partial charge in [0.05, 0.1) is 12.3 Å². The zero-order valence-corrected chi connectivity index (χ0v) is 13.8. The molecule has 1 fully saturated rings. The Morgan fingerprint density at radius 3 is 3.13 bits per heavy atom. The van der Waals surface area contributed by atoms with Crippen molar-refractivity contribution in [3.05, 3.63) is 35.8 Å². The van der Waals surface area contributed by atoms with E-state index < -0.39 is 0 Å². The van der Waals surface area contributed by atoms with Crippen molar-refractivity contribution in [2.24, 2.45) is 0 Å². The molecule has 122 valence electrons. The molecule has 1 unspecified atom stereocenters. The molecule has 6 nitrogen and oxygen atoms in total. The minimum atomic E-state index is -0.205. The van der Waals surface area contributed by atoms with Gasteiger partial charge in [0.1, 0.15) is 5.75 Å². The standard InChI is InChI=1S/C16H20N4O2S/c1-2-22-14-6-4-3-5-13(14)19-15(21)18-12-7-9-20(11-12)16-17-8-10-23-16/h3-6,8,10,12H,2,7,9,11H2,1H3,(H2,18,19,21). The average molecular weight is 332 g/mol. The fourth-order valence-electron chi connectivity index (χ4n) is 2.62. The Hall–Kier alpha value is -2.28. The molecule has 0 radical (unpaired) electrons. The van der Waals surface area contributed by atoms with Crippen LogP contribution in [0, 0.1) is 0 Å². The van der Waals surface area contributed by atoms with Gasteiger partial charge >= 0.3 is 6.03 Å². The smallest absolute Gasteiger partial charge is 0.319 e. The van der Waals surface area contributed by atoms with Crippen molar-refractivity contribution in [2.75, 3.05) is 29.9 Å². The Kier molecular flexibility index (Phi) is 4.97. The number of aromatic nitrogens is 1. The molecule has 2 amide bonds. The Morgan fingerprint density at radius 2 is 2.35 bits per heavy atom. The lowest BCUT2D eigenvalue weighted by atomic mass is 10.2. The maximum absolute atomic E-state index is 12.2. The third-order valence-electron chi connectivity index (χ3n) is 3.65. The van der Waals surface area contributed by atoms with Crippen LogP contribution in [-0.2, 0) is 0 Å². The zero-order valence-electron chi connectivity index (χ0n) is 13.0. The number of nitrogens with zero attached hydrogens (tertiary/aromatic N) is 2. The molecule has 23 heavy (non-hydrogen) atoms. The van der Waals surface area contributed by atoms with Gasteiger partial charge in [-0.25, -0.2) is 9.78 Å². The fourth-order valence-corrected chi connectivity index (χ4v) is 3.30. The van der Waals surface area contributed by atoms with Crippen molar-refractivity contribution in [1.29, 1.82) is 0 Å². The van der Waals surface area contributed by atoms with Crippen LogP contribution >= 0.6 is 11.3 Å². The molecule has 0 aliphatic carbocycles. The fraction of sp³-hybridized carbons (Fsp3) is 0.375. The normalized spacial score (nSPS) is 17.1. The topological polar surface area (TPSA) is 66.5 Å². The first-order valence-corrected chi connectivity index (χ1v) is 8.58. The number of ether oxygens (including phenoxy) is 1. The summed E-state index contributed by atoms with van der Waals surface area (Å²) in [4.78, 5) is 18.7. The first-order valence-electron chi connectivity index (χ1n) is 7.70. The minimum absolute atomic E-state index is 0.123. The van der Waals surface area contributed by atoms with E-state index in [0.717, 1.165) is 24.6 Å². The van der Waals surface area contributed by atoms with E-state index in [9.17, 15) is 4.79 Å². The quantitative estimate of drug-likeness (QED) is 0.883. The van der Waals surface area contributed by atoms with Crippen molar-refractivity contribution < 1.29 is 9.53 Å². The number of anilines is 2. The summed E-state index contributed by atoms with van der Waals surface area (Å²) in [7, 11) is 0. The summed E-state index contributed by atoms with van der Waals surface area (Å²) in [6, 6.07) is 7.36. The van der Waals surface area contributed by atoms with Crippen LogP contribution in [0.5, 0.6) is 5.75 Å². The summed E-state index contributed by atoms with van der Waals surface area (Å²) in [5.74, 6) is 0.681. The molecule has 1 aliphatic rings. The number of carbonyl (C=O) groups excluding carboxylic acids is 1. The van der Waals surface area contributed by atoms with Gasteiger partial charge < -0.3 is 20.3 Å². The molecular weight excluding hydrogens is 312 g/mol. The summed E-state index contributed by atoms with van der Waals surface area (Å²) in [5.41, 5.74) is 0.682. The molecule has 2 heterocycles. The number of hydrogen-bond acceptors (Lipinski definition) is 5. The highest BCUT2D eigenvalue weighted by atomic mass is 32.1. The van der Waals surface area contributed by atoms with E-state index in [-0.39, 0.29) is 12.1 Å². The van der Waals surface area contributed by atoms with Crippen LogP contribution in [0.15, 0.2) is 35.8 Å². The Morgan fingerprint density at radius 1 is 1.48 bits per heavy atom. The van der Waals surface area contributed by atoms with Crippen molar-refractivity contribution >= 4 is 28.2 Å². The molecule has 3 rings (SSSR count). The van der Waals surface area contributed by atoms with Gasteiger partial charge in [-0.15, -0.1) is 11.3 Å². The number of rotatable bonds is 5. The van der Waals surface area contributed by atoms with Gasteiger partial charge in [-0.05, 0) is 25.5 Å². The number of para-hydroxylation sites is 2. The molecule has 0 saturated carbocycles. The predicted molar refractivity (Wildman–Crippen MR) is 92.5 cm³/mol. The summed E-state index contributed by atoms with van der Waals surface area (Å²) >= 11 is 1.62. The molecule has 7 heteroatoms. The van der Waals surface area contributed by atoms with Gasteiger partial charge in [0.15, 0.2) is 5.13 Å². The van der Waals surface area contributed by atoms with E-state index in [4.69, 9.17) is 4.74 Å². The molecule has 1 aromatic carbocycles. The number of amides is 2. The molecular formula is C16H20N4O2S. The van der Waals surface area contributed by atoms with E-state index in [1.807, 2.05) is 36.6 Å². The first-order chi connectivity index (χ1) is 11.3. The van der Waals surface area contributed by atoms with E-state index in [1.54, 1.807) is 17.5 Å². The molecule has 1 aliphatic heterocycles. The van der Waals surface area contributed by atoms with Gasteiger partial charge in [-0.2, -0.15) is 0 Å². The third-order valence-corrected chi connectivity index (χ3v) is 4.48. The van der Waals surface area contributed by atoms with Crippen LogP contribution in [0.3, 0.4) is 0 Å². The Labute approximate surface area is 139 Å². The third kappa shape index (κ3) is 3.92. The zero-order chi connectivity index (χ0) is 16.1. The van der Waals surface area contributed by atoms with Crippen LogP contribution in [-0.4, -0.2) is 36.8 Å². The summed E-state index contributed by atoms with van der Waals surface area (Å²) in [6.07, 6.45) is 2.72. The molecule has 2 N–H and O–H groups in total. The van der Waals surface area contributed by atoms with Crippen molar-refractivity contribution in [3.63, 3.8) is 0 Å². The van der Waals surface area contributed by atoms with E-state index in [0.29, 0.717) is 18.0 Å². The van der Waals surface area contributed by atoms with Crippen LogP contribution in [0.2, 0.25) is 0 Å². The lowest BCUT2D eigenvalue weighted by Crippen LogP contribution is -2.39. The highest BCUT2D eigenvalue weighted by Crippen LogP contribution is 2.24. The number of carbonyl (C=O) groups is 1. The second kappa shape index (κ2) is 7.32. The van der Waals surface area contributed by atoms with E-state index >= 15 is 0 Å². The Balaban J connectivity index is 1.54. The van der Waals surface area contributed by atoms with Crippen molar-refractivity contribution in [3.8, 4) is 5.75 Å². The molecule has 1 saturated heterocycles. The van der Waals surface area contributed by atoms with Gasteiger partial charge in [0.25, 0.3) is 0 Å². The first kappa shape index (κ1) is 15.6. The predicted octanol–water partition coefficient (Wildman–Crippen LogP) is 2.94. The maximum Gasteiger partial charge on any atom is 0.319 e. The minimum Gasteiger partial charge on any atom is -0.492 e. The SMILES string of the molecule is CCOc1ccccc1NC(=O)NC1CCN(c2nccs2)C1. The number of benzene rings is 1. The molecule has 0 spiro atoms. The van der Waals surface area contributed by atoms with Gasteiger partial charge in [-0.3, -0.25) is 0 Å². The van der Waals surface area contributed by atoms with E-state index in [1.165, 1.54) is 0 Å². The lowest BCUT2D eigenvalue weighted by molar-refractivity contribution is 0.249.